The fourth-order valence-corrected chi connectivity index (χ4v) is 5.00. The highest BCUT2D eigenvalue weighted by atomic mass is 16.5. The first-order valence-corrected chi connectivity index (χ1v) is 12.3. The highest BCUT2D eigenvalue weighted by Gasteiger charge is 2.22. The van der Waals surface area contributed by atoms with Crippen molar-refractivity contribution in [3.8, 4) is 17.1 Å². The minimum absolute atomic E-state index is 0.331. The summed E-state index contributed by atoms with van der Waals surface area (Å²) in [5, 5.41) is 10.7. The third-order valence-electron chi connectivity index (χ3n) is 6.88. The van der Waals surface area contributed by atoms with Crippen molar-refractivity contribution >= 4 is 16.7 Å². The number of ether oxygens (including phenoxy) is 2. The smallest absolute Gasteiger partial charge is 0.159 e. The first-order chi connectivity index (χ1) is 16.8. The van der Waals surface area contributed by atoms with Crippen LogP contribution in [0.2, 0.25) is 0 Å². The lowest BCUT2D eigenvalue weighted by Crippen LogP contribution is -2.36. The van der Waals surface area contributed by atoms with E-state index in [1.807, 2.05) is 16.9 Å². The Morgan fingerprint density at radius 2 is 1.62 bits per heavy atom. The van der Waals surface area contributed by atoms with Crippen molar-refractivity contribution in [2.75, 3.05) is 44.4 Å². The van der Waals surface area contributed by atoms with Crippen molar-refractivity contribution < 1.29 is 9.47 Å². The fraction of sp³-hybridized carbons (Fsp3) is 0.423. The Balaban J connectivity index is 1.35. The summed E-state index contributed by atoms with van der Waals surface area (Å²) < 4.78 is 15.2. The normalized spacial score (nSPS) is 17.5. The van der Waals surface area contributed by atoms with E-state index in [1.165, 1.54) is 5.69 Å². The van der Waals surface area contributed by atoms with E-state index >= 15 is 0 Å². The number of pyridine rings is 1. The van der Waals surface area contributed by atoms with Crippen LogP contribution in [-0.4, -0.2) is 64.1 Å². The van der Waals surface area contributed by atoms with Crippen LogP contribution in [0, 0.1) is 0 Å². The molecule has 0 radical (unpaired) electrons. The highest BCUT2D eigenvalue weighted by molar-refractivity contribution is 5.81. The highest BCUT2D eigenvalue weighted by Crippen LogP contribution is 2.30. The van der Waals surface area contributed by atoms with E-state index in [2.05, 4.69) is 58.0 Å². The van der Waals surface area contributed by atoms with E-state index in [9.17, 15) is 0 Å². The molecule has 176 valence electrons. The summed E-state index contributed by atoms with van der Waals surface area (Å²) in [4.78, 5) is 7.47. The number of anilines is 1. The van der Waals surface area contributed by atoms with E-state index < -0.39 is 0 Å². The number of fused-ring (bicyclic) bond motifs is 1. The summed E-state index contributed by atoms with van der Waals surface area (Å²) in [5.41, 5.74) is 6.17. The van der Waals surface area contributed by atoms with Gasteiger partial charge in [-0.05, 0) is 61.7 Å². The van der Waals surface area contributed by atoms with Crippen LogP contribution in [0.25, 0.3) is 28.1 Å². The van der Waals surface area contributed by atoms with Crippen molar-refractivity contribution in [3.05, 3.63) is 54.4 Å². The molecule has 2 saturated heterocycles. The van der Waals surface area contributed by atoms with Gasteiger partial charge in [0.1, 0.15) is 0 Å². The van der Waals surface area contributed by atoms with Gasteiger partial charge in [-0.1, -0.05) is 6.92 Å². The molecule has 0 N–H and O–H groups in total. The molecule has 0 saturated carbocycles. The van der Waals surface area contributed by atoms with Gasteiger partial charge in [0, 0.05) is 37.4 Å². The Morgan fingerprint density at radius 3 is 2.38 bits per heavy atom. The van der Waals surface area contributed by atoms with Gasteiger partial charge in [-0.15, -0.1) is 0 Å². The second kappa shape index (κ2) is 9.19. The molecule has 0 aliphatic carbocycles. The Kier molecular flexibility index (Phi) is 5.76. The van der Waals surface area contributed by atoms with E-state index in [0.29, 0.717) is 6.04 Å². The first kappa shape index (κ1) is 21.3. The maximum absolute atomic E-state index is 5.58. The zero-order valence-electron chi connectivity index (χ0n) is 19.6. The molecule has 1 aromatic carbocycles. The number of hydrogen-bond donors (Lipinski definition) is 0. The Morgan fingerprint density at radius 1 is 0.882 bits per heavy atom. The predicted octanol–water partition coefficient (Wildman–Crippen LogP) is 4.03. The monoisotopic (exact) mass is 458 g/mol. The van der Waals surface area contributed by atoms with Gasteiger partial charge >= 0.3 is 0 Å². The Labute approximate surface area is 199 Å². The maximum atomic E-state index is 5.58. The van der Waals surface area contributed by atoms with E-state index in [-0.39, 0.29) is 0 Å². The van der Waals surface area contributed by atoms with Crippen molar-refractivity contribution in [2.24, 2.45) is 0 Å². The molecular weight excluding hydrogens is 428 g/mol. The van der Waals surface area contributed by atoms with Crippen LogP contribution in [0.1, 0.15) is 31.5 Å². The van der Waals surface area contributed by atoms with Crippen LogP contribution < -0.4 is 4.90 Å². The molecule has 0 spiro atoms. The molecule has 8 heteroatoms. The zero-order valence-corrected chi connectivity index (χ0v) is 19.6. The van der Waals surface area contributed by atoms with Crippen molar-refractivity contribution in [3.63, 3.8) is 0 Å². The molecular formula is C26H30N6O2. The second-order valence-electron chi connectivity index (χ2n) is 8.90. The van der Waals surface area contributed by atoms with Gasteiger partial charge in [-0.2, -0.15) is 10.2 Å². The van der Waals surface area contributed by atoms with Crippen molar-refractivity contribution in [1.82, 2.24) is 24.5 Å². The zero-order chi connectivity index (χ0) is 22.9. The molecule has 0 amide bonds. The number of rotatable bonds is 5. The van der Waals surface area contributed by atoms with E-state index in [0.717, 1.165) is 92.6 Å². The van der Waals surface area contributed by atoms with Crippen molar-refractivity contribution in [1.29, 1.82) is 0 Å². The van der Waals surface area contributed by atoms with Gasteiger partial charge in [-0.25, -0.2) is 14.3 Å². The first-order valence-electron chi connectivity index (χ1n) is 12.3. The van der Waals surface area contributed by atoms with Gasteiger partial charge in [0.05, 0.1) is 48.2 Å². The summed E-state index contributed by atoms with van der Waals surface area (Å²) in [7, 11) is 0. The SMILES string of the molecule is CCc1nn(C2CCOCC2)c2nc(-c3ccnn3-c3ccc(N4CCOCC4)cc3)ccc12. The lowest BCUT2D eigenvalue weighted by atomic mass is 10.1. The van der Waals surface area contributed by atoms with Gasteiger partial charge in [0.15, 0.2) is 5.65 Å². The number of aryl methyl sites for hydroxylation is 1. The topological polar surface area (TPSA) is 70.2 Å². The number of benzene rings is 1. The van der Waals surface area contributed by atoms with Crippen LogP contribution in [0.4, 0.5) is 5.69 Å². The van der Waals surface area contributed by atoms with Crippen LogP contribution in [-0.2, 0) is 15.9 Å². The molecule has 0 atom stereocenters. The van der Waals surface area contributed by atoms with Crippen LogP contribution >= 0.6 is 0 Å². The van der Waals surface area contributed by atoms with Gasteiger partial charge in [0.2, 0.25) is 0 Å². The summed E-state index contributed by atoms with van der Waals surface area (Å²) >= 11 is 0. The van der Waals surface area contributed by atoms with Gasteiger partial charge in [0.25, 0.3) is 0 Å². The molecule has 4 aromatic rings. The number of hydrogen-bond acceptors (Lipinski definition) is 6. The lowest BCUT2D eigenvalue weighted by molar-refractivity contribution is 0.0672. The summed E-state index contributed by atoms with van der Waals surface area (Å²) in [5.74, 6) is 0. The van der Waals surface area contributed by atoms with Crippen LogP contribution in [0.5, 0.6) is 0 Å². The van der Waals surface area contributed by atoms with Crippen LogP contribution in [0.15, 0.2) is 48.7 Å². The Bertz CT molecular complexity index is 1270. The second-order valence-corrected chi connectivity index (χ2v) is 8.90. The fourth-order valence-electron chi connectivity index (χ4n) is 5.00. The van der Waals surface area contributed by atoms with Gasteiger partial charge < -0.3 is 14.4 Å². The van der Waals surface area contributed by atoms with Crippen LogP contribution in [0.3, 0.4) is 0 Å². The predicted molar refractivity (Wildman–Crippen MR) is 132 cm³/mol. The number of nitrogens with zero attached hydrogens (tertiary/aromatic N) is 6. The van der Waals surface area contributed by atoms with E-state index in [1.54, 1.807) is 0 Å². The molecule has 5 heterocycles. The largest absolute Gasteiger partial charge is 0.381 e. The quantitative estimate of drug-likeness (QED) is 0.450. The average molecular weight is 459 g/mol. The molecule has 34 heavy (non-hydrogen) atoms. The summed E-state index contributed by atoms with van der Waals surface area (Å²) in [6, 6.07) is 15.2. The molecule has 8 nitrogen and oxygen atoms in total. The number of aromatic nitrogens is 5. The van der Waals surface area contributed by atoms with Crippen molar-refractivity contribution in [2.45, 2.75) is 32.2 Å². The maximum Gasteiger partial charge on any atom is 0.159 e. The lowest BCUT2D eigenvalue weighted by Gasteiger charge is -2.28. The summed E-state index contributed by atoms with van der Waals surface area (Å²) in [6.07, 6.45) is 4.67. The molecule has 0 bridgehead atoms. The third-order valence-corrected chi connectivity index (χ3v) is 6.88. The minimum atomic E-state index is 0.331. The van der Waals surface area contributed by atoms with E-state index in [4.69, 9.17) is 19.6 Å². The third kappa shape index (κ3) is 3.86. The number of morpholine rings is 1. The molecule has 6 rings (SSSR count). The standard InChI is InChI=1S/C26H30N6O2/c1-2-23-22-7-8-24(28-26(22)32(29-23)21-10-15-33-16-11-21)25-9-12-27-31(25)20-5-3-19(4-6-20)30-13-17-34-18-14-30/h3-9,12,21H,2,10-11,13-18H2,1H3. The molecule has 2 aliphatic heterocycles. The Hall–Kier alpha value is -3.23. The molecule has 0 unspecified atom stereocenters. The summed E-state index contributed by atoms with van der Waals surface area (Å²) in [6.45, 7) is 7.13. The molecule has 2 fully saturated rings. The average Bonchev–Trinajstić information content (AvgIpc) is 3.55. The molecule has 3 aromatic heterocycles. The van der Waals surface area contributed by atoms with Gasteiger partial charge in [-0.3, -0.25) is 0 Å². The molecule has 2 aliphatic rings. The minimum Gasteiger partial charge on any atom is -0.381 e.